The van der Waals surface area contributed by atoms with Crippen molar-refractivity contribution in [3.05, 3.63) is 66.4 Å². The molecule has 0 fully saturated rings. The summed E-state index contributed by atoms with van der Waals surface area (Å²) in [7, 11) is 0. The lowest BCUT2D eigenvalue weighted by Gasteiger charge is -2.06. The van der Waals surface area contributed by atoms with E-state index in [9.17, 15) is 4.79 Å². The van der Waals surface area contributed by atoms with E-state index in [-0.39, 0.29) is 0 Å². The Morgan fingerprint density at radius 1 is 0.889 bits per heavy atom. The summed E-state index contributed by atoms with van der Waals surface area (Å²) in [6.45, 7) is 0. The lowest BCUT2D eigenvalue weighted by molar-refractivity contribution is 0.563. The normalized spacial score (nSPS) is 10.4. The zero-order chi connectivity index (χ0) is 12.4. The van der Waals surface area contributed by atoms with Gasteiger partial charge < -0.3 is 0 Å². The number of aromatic nitrogens is 1. The van der Waals surface area contributed by atoms with Crippen LogP contribution < -0.4 is 0 Å². The Hall–Kier alpha value is -2.48. The van der Waals surface area contributed by atoms with Gasteiger partial charge in [0.15, 0.2) is 0 Å². The van der Waals surface area contributed by atoms with Crippen LogP contribution in [0.3, 0.4) is 0 Å². The lowest BCUT2D eigenvalue weighted by Crippen LogP contribution is -1.85. The van der Waals surface area contributed by atoms with Crippen LogP contribution in [-0.2, 0) is 4.79 Å². The summed E-state index contributed by atoms with van der Waals surface area (Å²) in [4.78, 5) is 14.9. The van der Waals surface area contributed by atoms with E-state index in [0.29, 0.717) is 5.56 Å². The summed E-state index contributed by atoms with van der Waals surface area (Å²) < 4.78 is 0. The molecule has 0 aliphatic carbocycles. The molecule has 1 radical (unpaired) electrons. The van der Waals surface area contributed by atoms with Crippen LogP contribution in [0.5, 0.6) is 0 Å². The predicted molar refractivity (Wildman–Crippen MR) is 72.0 cm³/mol. The van der Waals surface area contributed by atoms with Gasteiger partial charge in [-0.3, -0.25) is 9.78 Å². The Morgan fingerprint density at radius 3 is 2.44 bits per heavy atom. The maximum absolute atomic E-state index is 10.5. The van der Waals surface area contributed by atoms with Gasteiger partial charge in [-0.1, -0.05) is 42.5 Å². The summed E-state index contributed by atoms with van der Waals surface area (Å²) >= 11 is 0. The first kappa shape index (κ1) is 10.7. The van der Waals surface area contributed by atoms with Crippen LogP contribution in [0.4, 0.5) is 0 Å². The molecule has 2 heteroatoms. The van der Waals surface area contributed by atoms with Crippen molar-refractivity contribution in [1.82, 2.24) is 4.98 Å². The molecule has 18 heavy (non-hydrogen) atoms. The quantitative estimate of drug-likeness (QED) is 0.678. The Bertz CT molecular complexity index is 696. The molecule has 3 aromatic rings. The number of hydrogen-bond donors (Lipinski definition) is 0. The minimum absolute atomic E-state index is 0.567. The minimum atomic E-state index is 0.567. The van der Waals surface area contributed by atoms with Gasteiger partial charge >= 0.3 is 0 Å². The Morgan fingerprint density at radius 2 is 1.67 bits per heavy atom. The molecule has 2 aromatic carbocycles. The Balaban J connectivity index is 2.21. The molecule has 0 saturated heterocycles. The van der Waals surface area contributed by atoms with E-state index in [4.69, 9.17) is 0 Å². The van der Waals surface area contributed by atoms with Crippen LogP contribution in [0.15, 0.2) is 60.8 Å². The molecule has 0 amide bonds. The highest BCUT2D eigenvalue weighted by Gasteiger charge is 2.03. The van der Waals surface area contributed by atoms with E-state index in [1.807, 2.05) is 42.7 Å². The average Bonchev–Trinajstić information content (AvgIpc) is 2.47. The number of pyridine rings is 1. The van der Waals surface area contributed by atoms with Gasteiger partial charge in [-0.2, -0.15) is 0 Å². The topological polar surface area (TPSA) is 30.0 Å². The summed E-state index contributed by atoms with van der Waals surface area (Å²) in [5.74, 6) is 0. The predicted octanol–water partition coefficient (Wildman–Crippen LogP) is 3.36. The fourth-order valence-corrected chi connectivity index (χ4v) is 2.07. The van der Waals surface area contributed by atoms with Gasteiger partial charge in [-0.15, -0.1) is 0 Å². The number of nitrogens with zero attached hydrogens (tertiary/aromatic N) is 1. The average molecular weight is 232 g/mol. The highest BCUT2D eigenvalue weighted by Crippen LogP contribution is 2.27. The van der Waals surface area contributed by atoms with Crippen molar-refractivity contribution in [3.63, 3.8) is 0 Å². The fraction of sp³-hybridized carbons (Fsp3) is 0. The third-order valence-corrected chi connectivity index (χ3v) is 2.96. The molecule has 1 heterocycles. The van der Waals surface area contributed by atoms with E-state index >= 15 is 0 Å². The molecule has 0 aliphatic heterocycles. The van der Waals surface area contributed by atoms with E-state index in [0.717, 1.165) is 22.0 Å². The summed E-state index contributed by atoms with van der Waals surface area (Å²) in [6.07, 6.45) is 3.68. The molecule has 0 atom stereocenters. The van der Waals surface area contributed by atoms with Gasteiger partial charge in [0.2, 0.25) is 6.29 Å². The fourth-order valence-electron chi connectivity index (χ4n) is 2.07. The summed E-state index contributed by atoms with van der Waals surface area (Å²) in [6, 6.07) is 17.4. The molecule has 0 unspecified atom stereocenters. The van der Waals surface area contributed by atoms with Crippen molar-refractivity contribution in [3.8, 4) is 11.1 Å². The molecular weight excluding hydrogens is 222 g/mol. The van der Waals surface area contributed by atoms with Crippen LogP contribution in [0, 0.1) is 0 Å². The van der Waals surface area contributed by atoms with Crippen molar-refractivity contribution < 1.29 is 4.79 Å². The monoisotopic (exact) mass is 232 g/mol. The van der Waals surface area contributed by atoms with Crippen molar-refractivity contribution >= 4 is 17.2 Å². The Kier molecular flexibility index (Phi) is 2.61. The number of rotatable bonds is 2. The second kappa shape index (κ2) is 4.41. The minimum Gasteiger partial charge on any atom is -0.285 e. The largest absolute Gasteiger partial charge is 0.285 e. The number of para-hydroxylation sites is 1. The zero-order valence-electron chi connectivity index (χ0n) is 9.63. The molecule has 0 bridgehead atoms. The third kappa shape index (κ3) is 1.78. The van der Waals surface area contributed by atoms with Crippen molar-refractivity contribution in [2.75, 3.05) is 0 Å². The van der Waals surface area contributed by atoms with Crippen molar-refractivity contribution in [1.29, 1.82) is 0 Å². The molecule has 0 aliphatic rings. The highest BCUT2D eigenvalue weighted by molar-refractivity contribution is 5.94. The van der Waals surface area contributed by atoms with E-state index < -0.39 is 0 Å². The zero-order valence-corrected chi connectivity index (χ0v) is 9.63. The number of hydrogen-bond acceptors (Lipinski definition) is 2. The van der Waals surface area contributed by atoms with Gasteiger partial charge in [0, 0.05) is 17.1 Å². The smallest absolute Gasteiger partial charge is 0.233 e. The lowest BCUT2D eigenvalue weighted by atomic mass is 10.0. The van der Waals surface area contributed by atoms with Crippen molar-refractivity contribution in [2.45, 2.75) is 0 Å². The van der Waals surface area contributed by atoms with Crippen molar-refractivity contribution in [2.24, 2.45) is 0 Å². The third-order valence-electron chi connectivity index (χ3n) is 2.96. The number of fused-ring (bicyclic) bond motifs is 1. The van der Waals surface area contributed by atoms with Gasteiger partial charge in [-0.05, 0) is 23.3 Å². The van der Waals surface area contributed by atoms with Crippen LogP contribution >= 0.6 is 0 Å². The first-order valence-corrected chi connectivity index (χ1v) is 5.71. The van der Waals surface area contributed by atoms with Crippen LogP contribution in [0.2, 0.25) is 0 Å². The van der Waals surface area contributed by atoms with Crippen LogP contribution in [-0.4, -0.2) is 11.3 Å². The molecule has 0 N–H and O–H groups in total. The van der Waals surface area contributed by atoms with Gasteiger partial charge in [0.1, 0.15) is 0 Å². The number of benzene rings is 2. The standard InChI is InChI=1S/C16H10NO/c18-11-12-5-7-13(8-6-12)14-9-10-17-16-4-2-1-3-15(14)16/h1-10H. The summed E-state index contributed by atoms with van der Waals surface area (Å²) in [5, 5.41) is 1.11. The van der Waals surface area contributed by atoms with Crippen LogP contribution in [0.1, 0.15) is 5.56 Å². The first-order chi connectivity index (χ1) is 8.88. The highest BCUT2D eigenvalue weighted by atomic mass is 16.1. The maximum atomic E-state index is 10.5. The Labute approximate surface area is 105 Å². The molecule has 1 aromatic heterocycles. The number of carbonyl (C=O) groups excluding carboxylic acids is 1. The second-order valence-corrected chi connectivity index (χ2v) is 4.06. The molecule has 0 saturated carbocycles. The molecule has 2 nitrogen and oxygen atoms in total. The van der Waals surface area contributed by atoms with Gasteiger partial charge in [0.05, 0.1) is 5.52 Å². The maximum Gasteiger partial charge on any atom is 0.233 e. The first-order valence-electron chi connectivity index (χ1n) is 5.71. The van der Waals surface area contributed by atoms with E-state index in [2.05, 4.69) is 11.1 Å². The SMILES string of the molecule is O=[C]c1ccc(-c2ccnc3ccccc23)cc1. The van der Waals surface area contributed by atoms with Crippen LogP contribution in [0.25, 0.3) is 22.0 Å². The van der Waals surface area contributed by atoms with Gasteiger partial charge in [0.25, 0.3) is 0 Å². The van der Waals surface area contributed by atoms with E-state index in [1.54, 1.807) is 18.3 Å². The molecular formula is C16H10NO. The molecule has 85 valence electrons. The second-order valence-electron chi connectivity index (χ2n) is 4.06. The van der Waals surface area contributed by atoms with E-state index in [1.165, 1.54) is 0 Å². The summed E-state index contributed by atoms with van der Waals surface area (Å²) in [5.41, 5.74) is 3.74. The molecule has 3 rings (SSSR count). The molecule has 0 spiro atoms. The van der Waals surface area contributed by atoms with Gasteiger partial charge in [-0.25, -0.2) is 0 Å².